The molecule has 2 atom stereocenters. The SMILES string of the molecule is NC[C@H]1CCC[C@H]1C(=O)NCc1ccccc1C(F)(F)F. The summed E-state index contributed by atoms with van der Waals surface area (Å²) in [5.74, 6) is -0.226. The molecule has 0 saturated heterocycles. The summed E-state index contributed by atoms with van der Waals surface area (Å²) in [6.07, 6.45) is -1.80. The van der Waals surface area contributed by atoms with E-state index in [2.05, 4.69) is 5.32 Å². The molecule has 1 aromatic carbocycles. The van der Waals surface area contributed by atoms with Crippen molar-refractivity contribution >= 4 is 5.91 Å². The topological polar surface area (TPSA) is 55.1 Å². The van der Waals surface area contributed by atoms with Crippen molar-refractivity contribution in [3.05, 3.63) is 35.4 Å². The van der Waals surface area contributed by atoms with E-state index < -0.39 is 11.7 Å². The van der Waals surface area contributed by atoms with Gasteiger partial charge < -0.3 is 11.1 Å². The molecule has 0 unspecified atom stereocenters. The van der Waals surface area contributed by atoms with Crippen molar-refractivity contribution in [2.24, 2.45) is 17.6 Å². The summed E-state index contributed by atoms with van der Waals surface area (Å²) in [5.41, 5.74) is 5.00. The van der Waals surface area contributed by atoms with Gasteiger partial charge in [-0.15, -0.1) is 0 Å². The molecule has 1 aliphatic carbocycles. The first-order chi connectivity index (χ1) is 9.93. The van der Waals surface area contributed by atoms with Gasteiger partial charge in [0.25, 0.3) is 0 Å². The van der Waals surface area contributed by atoms with Gasteiger partial charge in [0.15, 0.2) is 0 Å². The molecule has 0 aromatic heterocycles. The Morgan fingerprint density at radius 2 is 2.00 bits per heavy atom. The first-order valence-electron chi connectivity index (χ1n) is 7.06. The molecule has 1 aromatic rings. The van der Waals surface area contributed by atoms with Crippen LogP contribution < -0.4 is 11.1 Å². The zero-order valence-corrected chi connectivity index (χ0v) is 11.6. The minimum absolute atomic E-state index is 0.0839. The number of carbonyl (C=O) groups is 1. The Kier molecular flexibility index (Phi) is 4.88. The predicted molar refractivity (Wildman–Crippen MR) is 73.2 cm³/mol. The lowest BCUT2D eigenvalue weighted by Crippen LogP contribution is -2.35. The number of hydrogen-bond acceptors (Lipinski definition) is 2. The van der Waals surface area contributed by atoms with Gasteiger partial charge >= 0.3 is 6.18 Å². The van der Waals surface area contributed by atoms with Gasteiger partial charge in [-0.05, 0) is 36.9 Å². The molecule has 0 heterocycles. The zero-order chi connectivity index (χ0) is 15.5. The van der Waals surface area contributed by atoms with Crippen LogP contribution in [0.15, 0.2) is 24.3 Å². The van der Waals surface area contributed by atoms with E-state index in [0.29, 0.717) is 6.54 Å². The number of rotatable bonds is 4. The van der Waals surface area contributed by atoms with Crippen LogP contribution in [0.5, 0.6) is 0 Å². The first kappa shape index (κ1) is 15.8. The largest absolute Gasteiger partial charge is 0.416 e. The third-order valence-corrected chi connectivity index (χ3v) is 4.07. The van der Waals surface area contributed by atoms with Crippen LogP contribution in [0.25, 0.3) is 0 Å². The van der Waals surface area contributed by atoms with Crippen molar-refractivity contribution in [1.82, 2.24) is 5.32 Å². The Bertz CT molecular complexity index is 502. The van der Waals surface area contributed by atoms with Crippen LogP contribution in [-0.2, 0) is 17.5 Å². The summed E-state index contributed by atoms with van der Waals surface area (Å²) in [4.78, 5) is 12.1. The maximum Gasteiger partial charge on any atom is 0.416 e. The van der Waals surface area contributed by atoms with Crippen LogP contribution in [0.2, 0.25) is 0 Å². The van der Waals surface area contributed by atoms with E-state index in [9.17, 15) is 18.0 Å². The molecule has 2 rings (SSSR count). The summed E-state index contributed by atoms with van der Waals surface area (Å²) < 4.78 is 38.6. The molecule has 116 valence electrons. The summed E-state index contributed by atoms with van der Waals surface area (Å²) >= 11 is 0. The Morgan fingerprint density at radius 1 is 1.29 bits per heavy atom. The van der Waals surface area contributed by atoms with Gasteiger partial charge in [0.1, 0.15) is 0 Å². The highest BCUT2D eigenvalue weighted by Crippen LogP contribution is 2.33. The number of benzene rings is 1. The molecule has 21 heavy (non-hydrogen) atoms. The van der Waals surface area contributed by atoms with Crippen molar-refractivity contribution in [2.45, 2.75) is 32.0 Å². The lowest BCUT2D eigenvalue weighted by atomic mass is 9.95. The van der Waals surface area contributed by atoms with Crippen LogP contribution >= 0.6 is 0 Å². The number of alkyl halides is 3. The number of hydrogen-bond donors (Lipinski definition) is 2. The Morgan fingerprint density at radius 3 is 2.67 bits per heavy atom. The summed E-state index contributed by atoms with van der Waals surface area (Å²) in [6.45, 7) is 0.333. The number of nitrogens with one attached hydrogen (secondary N) is 1. The highest BCUT2D eigenvalue weighted by molar-refractivity contribution is 5.79. The second-order valence-corrected chi connectivity index (χ2v) is 5.41. The van der Waals surface area contributed by atoms with Crippen LogP contribution in [0, 0.1) is 11.8 Å². The summed E-state index contributed by atoms with van der Waals surface area (Å²) in [5, 5.41) is 2.62. The molecular weight excluding hydrogens is 281 g/mol. The minimum Gasteiger partial charge on any atom is -0.352 e. The maximum atomic E-state index is 12.9. The number of amides is 1. The van der Waals surface area contributed by atoms with Gasteiger partial charge in [0.05, 0.1) is 5.56 Å². The third-order valence-electron chi connectivity index (χ3n) is 4.07. The average molecular weight is 300 g/mol. The Balaban J connectivity index is 2.02. The first-order valence-corrected chi connectivity index (χ1v) is 7.06. The fraction of sp³-hybridized carbons (Fsp3) is 0.533. The number of carbonyl (C=O) groups excluding carboxylic acids is 1. The van der Waals surface area contributed by atoms with Gasteiger partial charge in [0, 0.05) is 12.5 Å². The van der Waals surface area contributed by atoms with E-state index in [0.717, 1.165) is 25.3 Å². The monoisotopic (exact) mass is 300 g/mol. The molecule has 1 fully saturated rings. The fourth-order valence-electron chi connectivity index (χ4n) is 2.93. The van der Waals surface area contributed by atoms with E-state index in [1.165, 1.54) is 18.2 Å². The molecule has 1 amide bonds. The van der Waals surface area contributed by atoms with Gasteiger partial charge in [-0.1, -0.05) is 24.6 Å². The second kappa shape index (κ2) is 6.47. The van der Waals surface area contributed by atoms with Crippen molar-refractivity contribution in [3.8, 4) is 0 Å². The summed E-state index contributed by atoms with van der Waals surface area (Å²) in [7, 11) is 0. The van der Waals surface area contributed by atoms with E-state index in [1.54, 1.807) is 0 Å². The third kappa shape index (κ3) is 3.75. The molecule has 3 nitrogen and oxygen atoms in total. The lowest BCUT2D eigenvalue weighted by molar-refractivity contribution is -0.138. The molecule has 0 bridgehead atoms. The molecule has 6 heteroatoms. The molecule has 0 spiro atoms. The van der Waals surface area contributed by atoms with Crippen LogP contribution in [-0.4, -0.2) is 12.5 Å². The van der Waals surface area contributed by atoms with Gasteiger partial charge in [-0.25, -0.2) is 0 Å². The standard InChI is InChI=1S/C15H19F3N2O/c16-15(17,18)13-7-2-1-4-11(13)9-20-14(21)12-6-3-5-10(12)8-19/h1-2,4,7,10,12H,3,5-6,8-9,19H2,(H,20,21)/t10-,12-/m1/s1. The quantitative estimate of drug-likeness (QED) is 0.898. The van der Waals surface area contributed by atoms with Crippen molar-refractivity contribution in [3.63, 3.8) is 0 Å². The van der Waals surface area contributed by atoms with Crippen LogP contribution in [0.3, 0.4) is 0 Å². The molecule has 3 N–H and O–H groups in total. The lowest BCUT2D eigenvalue weighted by Gasteiger charge is -2.18. The molecule has 1 aliphatic rings. The normalized spacial score (nSPS) is 22.3. The van der Waals surface area contributed by atoms with Gasteiger partial charge in [-0.3, -0.25) is 4.79 Å². The van der Waals surface area contributed by atoms with Crippen molar-refractivity contribution < 1.29 is 18.0 Å². The highest BCUT2D eigenvalue weighted by Gasteiger charge is 2.34. The smallest absolute Gasteiger partial charge is 0.352 e. The molecule has 0 aliphatic heterocycles. The highest BCUT2D eigenvalue weighted by atomic mass is 19.4. The summed E-state index contributed by atoms with van der Waals surface area (Å²) in [6, 6.07) is 5.29. The average Bonchev–Trinajstić information content (AvgIpc) is 2.92. The predicted octanol–water partition coefficient (Wildman–Crippen LogP) is 2.70. The van der Waals surface area contributed by atoms with E-state index in [1.807, 2.05) is 0 Å². The zero-order valence-electron chi connectivity index (χ0n) is 11.6. The fourth-order valence-corrected chi connectivity index (χ4v) is 2.93. The Hall–Kier alpha value is -1.56. The van der Waals surface area contributed by atoms with E-state index in [-0.39, 0.29) is 29.9 Å². The maximum absolute atomic E-state index is 12.9. The van der Waals surface area contributed by atoms with Gasteiger partial charge in [-0.2, -0.15) is 13.2 Å². The molecule has 0 radical (unpaired) electrons. The van der Waals surface area contributed by atoms with E-state index >= 15 is 0 Å². The molecular formula is C15H19F3N2O. The second-order valence-electron chi connectivity index (χ2n) is 5.41. The Labute approximate surface area is 121 Å². The van der Waals surface area contributed by atoms with Crippen LogP contribution in [0.1, 0.15) is 30.4 Å². The number of halogens is 3. The van der Waals surface area contributed by atoms with Gasteiger partial charge in [0.2, 0.25) is 5.91 Å². The van der Waals surface area contributed by atoms with Crippen molar-refractivity contribution in [1.29, 1.82) is 0 Å². The van der Waals surface area contributed by atoms with Crippen molar-refractivity contribution in [2.75, 3.05) is 6.54 Å². The molecule has 1 saturated carbocycles. The van der Waals surface area contributed by atoms with E-state index in [4.69, 9.17) is 5.73 Å². The van der Waals surface area contributed by atoms with Crippen LogP contribution in [0.4, 0.5) is 13.2 Å². The minimum atomic E-state index is -4.41. The number of nitrogens with two attached hydrogens (primary N) is 1.